The number of rotatable bonds is 6. The highest BCUT2D eigenvalue weighted by molar-refractivity contribution is 6.20. The quantitative estimate of drug-likeness (QED) is 0.513. The molecule has 170 valence electrons. The minimum absolute atomic E-state index is 0.135. The number of aromatic nitrogens is 2. The standard InChI is InChI=1S/C23H20ClF2N5O2/c1-30-17(13-27)6-9-20(30)19-12-15(14-28-21(19)31-10-2-3-11-31)22(32)29-16-4-7-18(8-5-16)33-23(24,25)26/h4-9,12,14H,2-3,10-11H2,1H3,(H,29,32). The highest BCUT2D eigenvalue weighted by Crippen LogP contribution is 2.33. The van der Waals surface area contributed by atoms with Gasteiger partial charge in [0.2, 0.25) is 0 Å². The molecule has 1 N–H and O–H groups in total. The van der Waals surface area contributed by atoms with E-state index in [4.69, 9.17) is 11.6 Å². The maximum Gasteiger partial charge on any atom is 0.487 e. The Labute approximate surface area is 194 Å². The highest BCUT2D eigenvalue weighted by atomic mass is 35.5. The summed E-state index contributed by atoms with van der Waals surface area (Å²) in [5.74, 6) is 0.213. The van der Waals surface area contributed by atoms with Gasteiger partial charge in [-0.25, -0.2) is 4.98 Å². The van der Waals surface area contributed by atoms with Crippen LogP contribution in [0.2, 0.25) is 0 Å². The zero-order valence-electron chi connectivity index (χ0n) is 17.7. The summed E-state index contributed by atoms with van der Waals surface area (Å²) in [6, 6.07) is 12.9. The lowest BCUT2D eigenvalue weighted by molar-refractivity contribution is -0.0964. The molecule has 3 aromatic rings. The van der Waals surface area contributed by atoms with Crippen LogP contribution in [0.4, 0.5) is 20.3 Å². The first-order chi connectivity index (χ1) is 15.7. The van der Waals surface area contributed by atoms with E-state index in [1.54, 1.807) is 23.7 Å². The van der Waals surface area contributed by atoms with Crippen LogP contribution < -0.4 is 15.0 Å². The number of carbonyl (C=O) groups excluding carboxylic acids is 1. The van der Waals surface area contributed by atoms with Gasteiger partial charge in [0.05, 0.1) is 11.3 Å². The number of carbonyl (C=O) groups is 1. The molecule has 1 aliphatic heterocycles. The van der Waals surface area contributed by atoms with Crippen molar-refractivity contribution in [1.82, 2.24) is 9.55 Å². The van der Waals surface area contributed by atoms with E-state index in [1.165, 1.54) is 30.5 Å². The Balaban J connectivity index is 1.62. The van der Waals surface area contributed by atoms with Gasteiger partial charge >= 0.3 is 5.57 Å². The summed E-state index contributed by atoms with van der Waals surface area (Å²) >= 11 is 4.76. The molecule has 0 saturated carbocycles. The summed E-state index contributed by atoms with van der Waals surface area (Å²) in [5, 5.41) is 12.0. The van der Waals surface area contributed by atoms with Crippen molar-refractivity contribution in [3.63, 3.8) is 0 Å². The smallest absolute Gasteiger partial charge is 0.420 e. The molecule has 10 heteroatoms. The van der Waals surface area contributed by atoms with Gasteiger partial charge in [-0.05, 0) is 55.3 Å². The first-order valence-corrected chi connectivity index (χ1v) is 10.6. The minimum Gasteiger partial charge on any atom is -0.420 e. The Kier molecular flexibility index (Phi) is 6.20. The molecule has 1 fully saturated rings. The van der Waals surface area contributed by atoms with Crippen LogP contribution in [0.15, 0.2) is 48.7 Å². The first-order valence-electron chi connectivity index (χ1n) is 10.2. The zero-order chi connectivity index (χ0) is 23.6. The van der Waals surface area contributed by atoms with Crippen LogP contribution in [0, 0.1) is 11.3 Å². The molecule has 2 aromatic heterocycles. The number of ether oxygens (including phenoxy) is 1. The average molecular weight is 472 g/mol. The number of hydrogen-bond acceptors (Lipinski definition) is 5. The second kappa shape index (κ2) is 9.08. The molecule has 0 radical (unpaired) electrons. The number of hydrogen-bond donors (Lipinski definition) is 1. The molecule has 7 nitrogen and oxygen atoms in total. The largest absolute Gasteiger partial charge is 0.487 e. The number of nitrogens with zero attached hydrogens (tertiary/aromatic N) is 4. The van der Waals surface area contributed by atoms with E-state index in [1.807, 2.05) is 6.07 Å². The summed E-state index contributed by atoms with van der Waals surface area (Å²) in [6.45, 7) is 1.74. The van der Waals surface area contributed by atoms with E-state index in [0.29, 0.717) is 16.9 Å². The number of halogens is 3. The van der Waals surface area contributed by atoms with Crippen molar-refractivity contribution in [2.75, 3.05) is 23.3 Å². The van der Waals surface area contributed by atoms with Crippen molar-refractivity contribution in [3.8, 4) is 23.1 Å². The SMILES string of the molecule is Cn1c(C#N)ccc1-c1cc(C(=O)Nc2ccc(OC(F)(F)Cl)cc2)cnc1N1CCCC1. The summed E-state index contributed by atoms with van der Waals surface area (Å²) in [7, 11) is 1.79. The number of anilines is 2. The molecular weight excluding hydrogens is 452 g/mol. The van der Waals surface area contributed by atoms with Gasteiger partial charge < -0.3 is 19.5 Å². The van der Waals surface area contributed by atoms with Gasteiger partial charge in [-0.3, -0.25) is 4.79 Å². The first kappa shape index (κ1) is 22.6. The van der Waals surface area contributed by atoms with Gasteiger partial charge in [-0.15, -0.1) is 8.78 Å². The third-order valence-electron chi connectivity index (χ3n) is 5.39. The second-order valence-corrected chi connectivity index (χ2v) is 8.03. The fraction of sp³-hybridized carbons (Fsp3) is 0.261. The highest BCUT2D eigenvalue weighted by Gasteiger charge is 2.27. The van der Waals surface area contributed by atoms with Gasteiger partial charge in [0.25, 0.3) is 5.91 Å². The lowest BCUT2D eigenvalue weighted by Crippen LogP contribution is -2.21. The Morgan fingerprint density at radius 2 is 1.91 bits per heavy atom. The van der Waals surface area contributed by atoms with E-state index in [9.17, 15) is 18.8 Å². The predicted octanol–water partition coefficient (Wildman–Crippen LogP) is 4.98. The Morgan fingerprint density at radius 1 is 1.21 bits per heavy atom. The van der Waals surface area contributed by atoms with Gasteiger partial charge in [0, 0.05) is 49.2 Å². The Morgan fingerprint density at radius 3 is 2.52 bits per heavy atom. The fourth-order valence-corrected chi connectivity index (χ4v) is 3.88. The van der Waals surface area contributed by atoms with Crippen molar-refractivity contribution in [1.29, 1.82) is 5.26 Å². The van der Waals surface area contributed by atoms with Crippen molar-refractivity contribution in [2.24, 2.45) is 7.05 Å². The maximum atomic E-state index is 12.9. The third kappa shape index (κ3) is 5.07. The summed E-state index contributed by atoms with van der Waals surface area (Å²) in [5.41, 5.74) is -1.08. The van der Waals surface area contributed by atoms with Gasteiger partial charge in [-0.2, -0.15) is 5.26 Å². The van der Waals surface area contributed by atoms with Crippen LogP contribution in [0.5, 0.6) is 5.75 Å². The molecule has 0 spiro atoms. The van der Waals surface area contributed by atoms with Crippen molar-refractivity contribution in [3.05, 3.63) is 59.9 Å². The molecule has 3 heterocycles. The summed E-state index contributed by atoms with van der Waals surface area (Å²) in [6.07, 6.45) is 3.64. The van der Waals surface area contributed by atoms with E-state index in [0.717, 1.165) is 43.0 Å². The topological polar surface area (TPSA) is 83.2 Å². The van der Waals surface area contributed by atoms with Crippen molar-refractivity contribution >= 4 is 29.0 Å². The number of nitrogens with one attached hydrogen (secondary N) is 1. The van der Waals surface area contributed by atoms with Crippen LogP contribution in [0.25, 0.3) is 11.3 Å². The predicted molar refractivity (Wildman–Crippen MR) is 121 cm³/mol. The number of alkyl halides is 3. The van der Waals surface area contributed by atoms with E-state index >= 15 is 0 Å². The molecule has 0 atom stereocenters. The van der Waals surface area contributed by atoms with E-state index < -0.39 is 11.5 Å². The number of benzene rings is 1. The molecular formula is C23H20ClF2N5O2. The third-order valence-corrected chi connectivity index (χ3v) is 5.47. The second-order valence-electron chi connectivity index (χ2n) is 7.59. The van der Waals surface area contributed by atoms with Crippen LogP contribution in [0.3, 0.4) is 0 Å². The fourth-order valence-electron chi connectivity index (χ4n) is 3.79. The minimum atomic E-state index is -3.81. The molecule has 1 aromatic carbocycles. The van der Waals surface area contributed by atoms with Crippen LogP contribution in [-0.2, 0) is 7.05 Å². The lowest BCUT2D eigenvalue weighted by atomic mass is 10.1. The molecule has 0 unspecified atom stereocenters. The monoisotopic (exact) mass is 471 g/mol. The summed E-state index contributed by atoms with van der Waals surface area (Å²) < 4.78 is 31.6. The molecule has 0 aliphatic carbocycles. The number of nitriles is 1. The molecule has 0 bridgehead atoms. The van der Waals surface area contributed by atoms with Gasteiger partial charge in [0.1, 0.15) is 23.3 Å². The number of amides is 1. The van der Waals surface area contributed by atoms with Gasteiger partial charge in [0.15, 0.2) is 0 Å². The molecule has 33 heavy (non-hydrogen) atoms. The summed E-state index contributed by atoms with van der Waals surface area (Å²) in [4.78, 5) is 19.6. The maximum absolute atomic E-state index is 12.9. The normalized spacial score (nSPS) is 13.6. The zero-order valence-corrected chi connectivity index (χ0v) is 18.4. The molecule has 1 saturated heterocycles. The van der Waals surface area contributed by atoms with Crippen molar-refractivity contribution < 1.29 is 18.3 Å². The Bertz CT molecular complexity index is 1210. The number of pyridine rings is 1. The van der Waals surface area contributed by atoms with Gasteiger partial charge in [-0.1, -0.05) is 0 Å². The lowest BCUT2D eigenvalue weighted by Gasteiger charge is -2.21. The van der Waals surface area contributed by atoms with Crippen LogP contribution in [0.1, 0.15) is 28.9 Å². The van der Waals surface area contributed by atoms with E-state index in [-0.39, 0.29) is 5.75 Å². The van der Waals surface area contributed by atoms with Crippen molar-refractivity contribution in [2.45, 2.75) is 18.4 Å². The van der Waals surface area contributed by atoms with E-state index in [2.05, 4.69) is 26.0 Å². The average Bonchev–Trinajstić information content (AvgIpc) is 3.43. The Hall–Kier alpha value is -3.64. The van der Waals surface area contributed by atoms with Crippen LogP contribution >= 0.6 is 11.6 Å². The molecule has 1 amide bonds. The van der Waals surface area contributed by atoms with Crippen LogP contribution in [-0.4, -0.2) is 34.1 Å². The molecule has 4 rings (SSSR count). The molecule has 1 aliphatic rings.